The zero-order valence-electron chi connectivity index (χ0n) is 13.7. The zero-order valence-corrected chi connectivity index (χ0v) is 13.7. The lowest BCUT2D eigenvalue weighted by Gasteiger charge is -2.28. The van der Waals surface area contributed by atoms with Crippen LogP contribution in [0, 0.1) is 0 Å². The number of carbonyl (C=O) groups excluding carboxylic acids is 2. The number of carbonyl (C=O) groups is 2. The molecular formula is C17H26N2O3. The summed E-state index contributed by atoms with van der Waals surface area (Å²) in [4.78, 5) is 26.0. The second-order valence-corrected chi connectivity index (χ2v) is 5.17. The van der Waals surface area contributed by atoms with Gasteiger partial charge in [0.25, 0.3) is 0 Å². The molecule has 2 amide bonds. The largest absolute Gasteiger partial charge is 0.385 e. The third kappa shape index (κ3) is 5.85. The van der Waals surface area contributed by atoms with Crippen molar-refractivity contribution in [1.29, 1.82) is 0 Å². The molecule has 22 heavy (non-hydrogen) atoms. The Kier molecular flexibility index (Phi) is 8.22. The summed E-state index contributed by atoms with van der Waals surface area (Å²) < 4.78 is 4.95. The molecule has 1 N–H and O–H groups in total. The van der Waals surface area contributed by atoms with Crippen molar-refractivity contribution >= 4 is 11.8 Å². The Morgan fingerprint density at radius 2 is 1.95 bits per heavy atom. The number of hydrogen-bond acceptors (Lipinski definition) is 3. The van der Waals surface area contributed by atoms with Gasteiger partial charge in [-0.05, 0) is 18.9 Å². The van der Waals surface area contributed by atoms with Crippen molar-refractivity contribution < 1.29 is 14.3 Å². The molecule has 0 aromatic heterocycles. The van der Waals surface area contributed by atoms with E-state index in [-0.39, 0.29) is 11.8 Å². The van der Waals surface area contributed by atoms with Crippen LogP contribution in [0.5, 0.6) is 0 Å². The lowest BCUT2D eigenvalue weighted by molar-refractivity contribution is -0.140. The van der Waals surface area contributed by atoms with Gasteiger partial charge in [-0.2, -0.15) is 0 Å². The van der Waals surface area contributed by atoms with E-state index < -0.39 is 6.04 Å². The number of ether oxygens (including phenoxy) is 1. The lowest BCUT2D eigenvalue weighted by Crippen LogP contribution is -2.47. The van der Waals surface area contributed by atoms with Crippen molar-refractivity contribution in [3.8, 4) is 0 Å². The van der Waals surface area contributed by atoms with Crippen molar-refractivity contribution in [2.24, 2.45) is 0 Å². The van der Waals surface area contributed by atoms with Crippen LogP contribution in [-0.4, -0.2) is 43.0 Å². The summed E-state index contributed by atoms with van der Waals surface area (Å²) in [5, 5.41) is 2.85. The molecule has 1 atom stereocenters. The first-order chi connectivity index (χ1) is 10.6. The van der Waals surface area contributed by atoms with Crippen molar-refractivity contribution in [2.45, 2.75) is 39.3 Å². The topological polar surface area (TPSA) is 58.6 Å². The van der Waals surface area contributed by atoms with Crippen LogP contribution in [0.1, 0.15) is 32.3 Å². The fraction of sp³-hybridized carbons (Fsp3) is 0.529. The van der Waals surface area contributed by atoms with E-state index in [1.165, 1.54) is 0 Å². The first kappa shape index (κ1) is 18.2. The maximum atomic E-state index is 12.2. The number of benzene rings is 1. The second kappa shape index (κ2) is 9.95. The average Bonchev–Trinajstić information content (AvgIpc) is 2.56. The van der Waals surface area contributed by atoms with Crippen molar-refractivity contribution in [3.05, 3.63) is 35.9 Å². The minimum Gasteiger partial charge on any atom is -0.385 e. The van der Waals surface area contributed by atoms with Gasteiger partial charge < -0.3 is 15.0 Å². The van der Waals surface area contributed by atoms with Gasteiger partial charge in [0.05, 0.1) is 0 Å². The van der Waals surface area contributed by atoms with Gasteiger partial charge >= 0.3 is 0 Å². The molecule has 1 aromatic carbocycles. The van der Waals surface area contributed by atoms with E-state index in [0.717, 1.165) is 12.0 Å². The maximum absolute atomic E-state index is 12.2. The number of nitrogens with zero attached hydrogens (tertiary/aromatic N) is 1. The molecule has 5 heteroatoms. The third-order valence-corrected chi connectivity index (χ3v) is 3.49. The molecule has 0 bridgehead atoms. The van der Waals surface area contributed by atoms with Crippen LogP contribution in [0.2, 0.25) is 0 Å². The zero-order chi connectivity index (χ0) is 16.4. The fourth-order valence-electron chi connectivity index (χ4n) is 2.14. The molecule has 0 fully saturated rings. The van der Waals surface area contributed by atoms with Gasteiger partial charge in [-0.1, -0.05) is 37.3 Å². The lowest BCUT2D eigenvalue weighted by atomic mass is 10.1. The van der Waals surface area contributed by atoms with Crippen LogP contribution in [0.4, 0.5) is 0 Å². The highest BCUT2D eigenvalue weighted by molar-refractivity contribution is 5.87. The van der Waals surface area contributed by atoms with Crippen LogP contribution in [0.3, 0.4) is 0 Å². The molecule has 1 rings (SSSR count). The molecule has 122 valence electrons. The quantitative estimate of drug-likeness (QED) is 0.710. The molecule has 0 spiro atoms. The Bertz CT molecular complexity index is 462. The van der Waals surface area contributed by atoms with Gasteiger partial charge in [-0.25, -0.2) is 0 Å². The third-order valence-electron chi connectivity index (χ3n) is 3.49. The minimum atomic E-state index is -0.491. The van der Waals surface area contributed by atoms with Crippen molar-refractivity contribution in [1.82, 2.24) is 10.2 Å². The Balaban J connectivity index is 2.66. The fourth-order valence-corrected chi connectivity index (χ4v) is 2.14. The van der Waals surface area contributed by atoms with Gasteiger partial charge in [0, 0.05) is 33.2 Å². The molecule has 0 radical (unpaired) electrons. The van der Waals surface area contributed by atoms with Crippen LogP contribution >= 0.6 is 0 Å². The van der Waals surface area contributed by atoms with Crippen LogP contribution < -0.4 is 5.32 Å². The number of nitrogens with one attached hydrogen (secondary N) is 1. The molecule has 0 aliphatic heterocycles. The van der Waals surface area contributed by atoms with Gasteiger partial charge in [-0.3, -0.25) is 9.59 Å². The summed E-state index contributed by atoms with van der Waals surface area (Å²) in [6.45, 7) is 5.18. The molecule has 0 aliphatic rings. The minimum absolute atomic E-state index is 0.0246. The Morgan fingerprint density at radius 3 is 2.55 bits per heavy atom. The van der Waals surface area contributed by atoms with E-state index in [2.05, 4.69) is 5.32 Å². The van der Waals surface area contributed by atoms with Crippen molar-refractivity contribution in [2.75, 3.05) is 20.3 Å². The molecule has 0 heterocycles. The van der Waals surface area contributed by atoms with E-state index in [1.54, 1.807) is 18.9 Å². The van der Waals surface area contributed by atoms with E-state index in [0.29, 0.717) is 26.1 Å². The normalized spacial score (nSPS) is 11.8. The summed E-state index contributed by atoms with van der Waals surface area (Å²) in [5.74, 6) is -0.155. The van der Waals surface area contributed by atoms with Gasteiger partial charge in [0.2, 0.25) is 11.8 Å². The molecule has 0 aliphatic carbocycles. The highest BCUT2D eigenvalue weighted by Crippen LogP contribution is 2.10. The summed E-state index contributed by atoms with van der Waals surface area (Å²) in [5.41, 5.74) is 1.02. The van der Waals surface area contributed by atoms with Crippen LogP contribution in [0.25, 0.3) is 0 Å². The summed E-state index contributed by atoms with van der Waals surface area (Å²) in [7, 11) is 1.63. The molecule has 0 saturated carbocycles. The summed E-state index contributed by atoms with van der Waals surface area (Å²) in [6, 6.07) is 9.22. The molecule has 0 saturated heterocycles. The number of hydrogen-bond donors (Lipinski definition) is 1. The molecular weight excluding hydrogens is 280 g/mol. The van der Waals surface area contributed by atoms with E-state index in [9.17, 15) is 9.59 Å². The first-order valence-electron chi connectivity index (χ1n) is 7.70. The molecule has 1 aromatic rings. The SMILES string of the molecule is CCC(=O)N(Cc1ccccc1)[C@@H](C)C(=O)NCCCOC. The van der Waals surface area contributed by atoms with Gasteiger partial charge in [0.15, 0.2) is 0 Å². The second-order valence-electron chi connectivity index (χ2n) is 5.17. The number of amides is 2. The monoisotopic (exact) mass is 306 g/mol. The summed E-state index contributed by atoms with van der Waals surface area (Å²) >= 11 is 0. The highest BCUT2D eigenvalue weighted by atomic mass is 16.5. The highest BCUT2D eigenvalue weighted by Gasteiger charge is 2.24. The Labute approximate surface area is 132 Å². The predicted molar refractivity (Wildman–Crippen MR) is 86.2 cm³/mol. The van der Waals surface area contributed by atoms with Crippen molar-refractivity contribution in [3.63, 3.8) is 0 Å². The van der Waals surface area contributed by atoms with Gasteiger partial charge in [0.1, 0.15) is 6.04 Å². The van der Waals surface area contributed by atoms with Crippen LogP contribution in [-0.2, 0) is 20.9 Å². The first-order valence-corrected chi connectivity index (χ1v) is 7.70. The Morgan fingerprint density at radius 1 is 1.27 bits per heavy atom. The predicted octanol–water partition coefficient (Wildman–Crippen LogP) is 1.97. The molecule has 5 nitrogen and oxygen atoms in total. The van der Waals surface area contributed by atoms with Gasteiger partial charge in [-0.15, -0.1) is 0 Å². The standard InChI is InChI=1S/C17H26N2O3/c1-4-16(20)19(13-15-9-6-5-7-10-15)14(2)17(21)18-11-8-12-22-3/h5-7,9-10,14H,4,8,11-13H2,1-3H3,(H,18,21)/t14-/m0/s1. The average molecular weight is 306 g/mol. The Hall–Kier alpha value is -1.88. The maximum Gasteiger partial charge on any atom is 0.242 e. The number of rotatable bonds is 9. The smallest absolute Gasteiger partial charge is 0.242 e. The summed E-state index contributed by atoms with van der Waals surface area (Å²) in [6.07, 6.45) is 1.14. The van der Waals surface area contributed by atoms with Crippen LogP contribution in [0.15, 0.2) is 30.3 Å². The molecule has 0 unspecified atom stereocenters. The van der Waals surface area contributed by atoms with E-state index in [4.69, 9.17) is 4.74 Å². The van der Waals surface area contributed by atoms with E-state index in [1.807, 2.05) is 37.3 Å². The van der Waals surface area contributed by atoms with E-state index >= 15 is 0 Å². The number of methoxy groups -OCH3 is 1.